The molecule has 96 valence electrons. The first-order valence-electron chi connectivity index (χ1n) is 5.60. The third kappa shape index (κ3) is 3.02. The first kappa shape index (κ1) is 12.9. The summed E-state index contributed by atoms with van der Waals surface area (Å²) in [5.74, 6) is -0.253. The van der Waals surface area contributed by atoms with E-state index in [9.17, 15) is 4.79 Å². The standard InChI is InChI=1S/C11H14N2O4Si/c14-11-10(12-6-3-7-18(15,16)17)8-4-1-2-5-9(8)13-11/h1-2,4-5,15-17H,3,6-7H2,(H,12,13,14). The van der Waals surface area contributed by atoms with Gasteiger partial charge in [-0.2, -0.15) is 0 Å². The van der Waals surface area contributed by atoms with Gasteiger partial charge in [-0.05, 0) is 12.5 Å². The molecule has 0 unspecified atom stereocenters. The van der Waals surface area contributed by atoms with Crippen LogP contribution in [0, 0.1) is 0 Å². The second kappa shape index (κ2) is 4.98. The first-order chi connectivity index (χ1) is 8.47. The number of anilines is 1. The minimum Gasteiger partial charge on any atom is -0.390 e. The molecule has 1 aromatic carbocycles. The SMILES string of the molecule is O=C1Nc2ccccc2C1=NCCC[Si](O)(O)O. The van der Waals surface area contributed by atoms with Gasteiger partial charge >= 0.3 is 8.80 Å². The molecule has 1 aliphatic rings. The Morgan fingerprint density at radius 1 is 1.22 bits per heavy atom. The minimum absolute atomic E-state index is 0.0763. The third-order valence-electron chi connectivity index (χ3n) is 2.59. The van der Waals surface area contributed by atoms with Crippen LogP contribution in [0.2, 0.25) is 6.04 Å². The molecule has 0 aliphatic carbocycles. The van der Waals surface area contributed by atoms with Gasteiger partial charge in [-0.15, -0.1) is 0 Å². The number of benzene rings is 1. The molecule has 1 heterocycles. The quantitative estimate of drug-likeness (QED) is 0.445. The number of nitrogens with one attached hydrogen (secondary N) is 1. The molecule has 1 aromatic rings. The smallest absolute Gasteiger partial charge is 0.390 e. The predicted molar refractivity (Wildman–Crippen MR) is 68.3 cm³/mol. The fourth-order valence-electron chi connectivity index (χ4n) is 1.77. The Kier molecular flexibility index (Phi) is 3.57. The zero-order valence-electron chi connectivity index (χ0n) is 9.63. The van der Waals surface area contributed by atoms with Gasteiger partial charge in [-0.1, -0.05) is 18.2 Å². The second-order valence-electron chi connectivity index (χ2n) is 4.11. The van der Waals surface area contributed by atoms with Crippen LogP contribution in [0.4, 0.5) is 5.69 Å². The second-order valence-corrected chi connectivity index (χ2v) is 6.16. The van der Waals surface area contributed by atoms with Crippen molar-refractivity contribution in [2.45, 2.75) is 12.5 Å². The van der Waals surface area contributed by atoms with Crippen LogP contribution in [0.3, 0.4) is 0 Å². The Labute approximate surface area is 105 Å². The highest BCUT2D eigenvalue weighted by Crippen LogP contribution is 2.22. The molecule has 1 amide bonds. The summed E-state index contributed by atoms with van der Waals surface area (Å²) in [6.45, 7) is 0.271. The monoisotopic (exact) mass is 266 g/mol. The fraction of sp³-hybridized carbons (Fsp3) is 0.273. The van der Waals surface area contributed by atoms with E-state index in [4.69, 9.17) is 14.4 Å². The maximum Gasteiger partial charge on any atom is 0.492 e. The van der Waals surface area contributed by atoms with Gasteiger partial charge in [0.15, 0.2) is 0 Å². The third-order valence-corrected chi connectivity index (χ3v) is 3.61. The molecule has 0 atom stereocenters. The molecule has 0 aromatic heterocycles. The number of hydrogen-bond donors (Lipinski definition) is 4. The molecule has 1 aliphatic heterocycles. The molecule has 0 fully saturated rings. The molecular formula is C11H14N2O4Si. The Morgan fingerprint density at radius 2 is 1.94 bits per heavy atom. The summed E-state index contributed by atoms with van der Waals surface area (Å²) in [6, 6.07) is 7.16. The predicted octanol–water partition coefficient (Wildman–Crippen LogP) is -0.266. The lowest BCUT2D eigenvalue weighted by atomic mass is 10.1. The molecule has 0 saturated heterocycles. The highest BCUT2D eigenvalue weighted by molar-refractivity contribution is 6.56. The Balaban J connectivity index is 2.03. The van der Waals surface area contributed by atoms with E-state index in [1.54, 1.807) is 12.1 Å². The fourth-order valence-corrected chi connectivity index (χ4v) is 2.40. The van der Waals surface area contributed by atoms with Gasteiger partial charge in [0.1, 0.15) is 5.71 Å². The van der Waals surface area contributed by atoms with Crippen molar-refractivity contribution in [2.75, 3.05) is 11.9 Å². The van der Waals surface area contributed by atoms with E-state index in [0.29, 0.717) is 12.1 Å². The molecule has 18 heavy (non-hydrogen) atoms. The summed E-state index contributed by atoms with van der Waals surface area (Å²) >= 11 is 0. The average molecular weight is 266 g/mol. The highest BCUT2D eigenvalue weighted by atomic mass is 28.4. The van der Waals surface area contributed by atoms with Crippen LogP contribution >= 0.6 is 0 Å². The highest BCUT2D eigenvalue weighted by Gasteiger charge is 2.27. The van der Waals surface area contributed by atoms with Crippen molar-refractivity contribution in [3.05, 3.63) is 29.8 Å². The Bertz CT molecular complexity index is 496. The maximum atomic E-state index is 11.6. The minimum atomic E-state index is -3.99. The largest absolute Gasteiger partial charge is 0.492 e. The number of carbonyl (C=O) groups excluding carboxylic acids is 1. The van der Waals surface area contributed by atoms with Crippen molar-refractivity contribution in [1.82, 2.24) is 0 Å². The summed E-state index contributed by atoms with van der Waals surface area (Å²) in [7, 11) is -3.99. The summed E-state index contributed by atoms with van der Waals surface area (Å²) in [6.07, 6.45) is 0.328. The lowest BCUT2D eigenvalue weighted by Gasteiger charge is -2.07. The molecule has 0 bridgehead atoms. The van der Waals surface area contributed by atoms with E-state index in [1.807, 2.05) is 12.1 Å². The Morgan fingerprint density at radius 3 is 2.67 bits per heavy atom. The van der Waals surface area contributed by atoms with Crippen molar-refractivity contribution >= 4 is 26.1 Å². The molecule has 7 heteroatoms. The normalized spacial score (nSPS) is 16.8. The van der Waals surface area contributed by atoms with Gasteiger partial charge in [0.25, 0.3) is 5.91 Å². The van der Waals surface area contributed by atoms with Crippen LogP contribution in [0.25, 0.3) is 0 Å². The van der Waals surface area contributed by atoms with Gasteiger partial charge in [0.05, 0.1) is 5.69 Å². The summed E-state index contributed by atoms with van der Waals surface area (Å²) in [4.78, 5) is 42.3. The van der Waals surface area contributed by atoms with E-state index in [-0.39, 0.29) is 18.5 Å². The van der Waals surface area contributed by atoms with Gasteiger partial charge in [-0.25, -0.2) is 0 Å². The number of amides is 1. The lowest BCUT2D eigenvalue weighted by molar-refractivity contribution is -0.110. The van der Waals surface area contributed by atoms with Gasteiger partial charge in [-0.3, -0.25) is 9.79 Å². The summed E-state index contributed by atoms with van der Waals surface area (Å²) in [5, 5.41) is 2.70. The summed E-state index contributed by atoms with van der Waals surface area (Å²) < 4.78 is 0. The Hall–Kier alpha value is -1.54. The van der Waals surface area contributed by atoms with Crippen molar-refractivity contribution in [3.8, 4) is 0 Å². The van der Waals surface area contributed by atoms with Crippen LogP contribution in [0.15, 0.2) is 29.3 Å². The molecule has 0 saturated carbocycles. The van der Waals surface area contributed by atoms with Gasteiger partial charge in [0.2, 0.25) is 0 Å². The van der Waals surface area contributed by atoms with Crippen LogP contribution < -0.4 is 5.32 Å². The van der Waals surface area contributed by atoms with Crippen LogP contribution in [-0.2, 0) is 4.79 Å². The van der Waals surface area contributed by atoms with Gasteiger partial charge in [0, 0.05) is 18.2 Å². The number of fused-ring (bicyclic) bond motifs is 1. The van der Waals surface area contributed by atoms with E-state index >= 15 is 0 Å². The number of aliphatic imine (C=N–C) groups is 1. The topological polar surface area (TPSA) is 102 Å². The molecule has 2 rings (SSSR count). The van der Waals surface area contributed by atoms with E-state index < -0.39 is 8.80 Å². The zero-order valence-corrected chi connectivity index (χ0v) is 10.6. The van der Waals surface area contributed by atoms with E-state index in [1.165, 1.54) is 0 Å². The molecule has 0 spiro atoms. The van der Waals surface area contributed by atoms with Crippen molar-refractivity contribution in [1.29, 1.82) is 0 Å². The number of hydrogen-bond acceptors (Lipinski definition) is 5. The van der Waals surface area contributed by atoms with Crippen LogP contribution in [0.1, 0.15) is 12.0 Å². The number of nitrogens with zero attached hydrogens (tertiary/aromatic N) is 1. The first-order valence-corrected chi connectivity index (χ1v) is 7.64. The van der Waals surface area contributed by atoms with E-state index in [2.05, 4.69) is 10.3 Å². The maximum absolute atomic E-state index is 11.6. The van der Waals surface area contributed by atoms with Crippen LogP contribution in [-0.4, -0.2) is 41.4 Å². The zero-order chi connectivity index (χ0) is 13.2. The van der Waals surface area contributed by atoms with Crippen LogP contribution in [0.5, 0.6) is 0 Å². The molecular weight excluding hydrogens is 252 g/mol. The summed E-state index contributed by atoms with van der Waals surface area (Å²) in [5.41, 5.74) is 1.84. The van der Waals surface area contributed by atoms with Crippen molar-refractivity contribution < 1.29 is 19.2 Å². The van der Waals surface area contributed by atoms with Crippen molar-refractivity contribution in [2.24, 2.45) is 4.99 Å². The van der Waals surface area contributed by atoms with E-state index in [0.717, 1.165) is 11.3 Å². The molecule has 0 radical (unpaired) electrons. The number of carbonyl (C=O) groups is 1. The van der Waals surface area contributed by atoms with Gasteiger partial charge < -0.3 is 19.7 Å². The molecule has 6 nitrogen and oxygen atoms in total. The number of para-hydroxylation sites is 1. The number of rotatable bonds is 4. The lowest BCUT2D eigenvalue weighted by Crippen LogP contribution is -2.34. The van der Waals surface area contributed by atoms with Crippen molar-refractivity contribution in [3.63, 3.8) is 0 Å². The molecule has 4 N–H and O–H groups in total. The average Bonchev–Trinajstić information content (AvgIpc) is 2.59.